The molecule has 6 nitrogen and oxygen atoms in total. The fourth-order valence-electron chi connectivity index (χ4n) is 2.55. The van der Waals surface area contributed by atoms with E-state index in [1.54, 1.807) is 12.1 Å². The van der Waals surface area contributed by atoms with Gasteiger partial charge in [-0.2, -0.15) is 3.71 Å². The maximum Gasteiger partial charge on any atom is 0.245 e. The van der Waals surface area contributed by atoms with E-state index >= 15 is 0 Å². The second kappa shape index (κ2) is 5.10. The molecule has 0 aromatic heterocycles. The van der Waals surface area contributed by atoms with Crippen molar-refractivity contribution in [2.75, 3.05) is 16.2 Å². The van der Waals surface area contributed by atoms with Crippen molar-refractivity contribution in [3.05, 3.63) is 29.8 Å². The fraction of sp³-hybridized carbons (Fsp3) is 0.462. The Kier molecular flexibility index (Phi) is 3.88. The first-order chi connectivity index (χ1) is 9.51. The van der Waals surface area contributed by atoms with Crippen molar-refractivity contribution in [1.29, 1.82) is 0 Å². The molecule has 0 saturated heterocycles. The van der Waals surface area contributed by atoms with Crippen LogP contribution in [0.1, 0.15) is 24.8 Å². The van der Waals surface area contributed by atoms with Crippen LogP contribution in [0.2, 0.25) is 0 Å². The lowest BCUT2D eigenvalue weighted by molar-refractivity contribution is -0.130. The predicted molar refractivity (Wildman–Crippen MR) is 80.1 cm³/mol. The van der Waals surface area contributed by atoms with Crippen LogP contribution in [0.3, 0.4) is 0 Å². The second-order valence-corrected chi connectivity index (χ2v) is 9.28. The number of carbonyl (C=O) groups excluding carboxylic acids is 1. The number of anilines is 1. The van der Waals surface area contributed by atoms with Gasteiger partial charge in [-0.3, -0.25) is 4.79 Å². The Morgan fingerprint density at radius 3 is 2.10 bits per heavy atom. The number of hydrogen-bond donors (Lipinski definition) is 0. The summed E-state index contributed by atoms with van der Waals surface area (Å²) in [4.78, 5) is 11.3. The van der Waals surface area contributed by atoms with Crippen molar-refractivity contribution in [2.45, 2.75) is 19.3 Å². The minimum atomic E-state index is -3.95. The van der Waals surface area contributed by atoms with E-state index in [4.69, 9.17) is 0 Å². The smallest absolute Gasteiger partial charge is 0.245 e. The van der Waals surface area contributed by atoms with Gasteiger partial charge in [0.2, 0.25) is 20.0 Å². The molecule has 8 heteroatoms. The van der Waals surface area contributed by atoms with Crippen LogP contribution in [0, 0.1) is 5.92 Å². The molecule has 2 rings (SSSR count). The van der Waals surface area contributed by atoms with Gasteiger partial charge in [-0.1, -0.05) is 19.1 Å². The van der Waals surface area contributed by atoms with Crippen molar-refractivity contribution >= 4 is 31.5 Å². The molecule has 0 aliphatic heterocycles. The number of rotatable bonds is 4. The van der Waals surface area contributed by atoms with E-state index in [2.05, 4.69) is 0 Å². The van der Waals surface area contributed by atoms with Crippen molar-refractivity contribution in [3.8, 4) is 0 Å². The molecular weight excluding hydrogens is 314 g/mol. The molecule has 0 radical (unpaired) electrons. The summed E-state index contributed by atoms with van der Waals surface area (Å²) in [5.41, 5.74) is 0.848. The summed E-state index contributed by atoms with van der Waals surface area (Å²) in [5.74, 6) is 0.0528. The third-order valence-electron chi connectivity index (χ3n) is 3.64. The predicted octanol–water partition coefficient (Wildman–Crippen LogP) is 1.10. The van der Waals surface area contributed by atoms with Crippen LogP contribution in [-0.4, -0.2) is 35.1 Å². The van der Waals surface area contributed by atoms with Crippen molar-refractivity contribution < 1.29 is 21.6 Å². The Morgan fingerprint density at radius 1 is 1.10 bits per heavy atom. The lowest BCUT2D eigenvalue weighted by atomic mass is 9.70. The van der Waals surface area contributed by atoms with Gasteiger partial charge in [-0.15, -0.1) is 0 Å². The maximum absolute atomic E-state index is 11.8. The molecule has 0 N–H and O–H groups in total. The Morgan fingerprint density at radius 2 is 1.67 bits per heavy atom. The fourth-order valence-corrected chi connectivity index (χ4v) is 5.51. The van der Waals surface area contributed by atoms with E-state index in [-0.39, 0.29) is 23.3 Å². The largest absolute Gasteiger partial charge is 0.299 e. The van der Waals surface area contributed by atoms with Crippen molar-refractivity contribution in [1.82, 2.24) is 0 Å². The zero-order valence-electron chi connectivity index (χ0n) is 12.0. The molecule has 0 bridgehead atoms. The number of benzene rings is 1. The van der Waals surface area contributed by atoms with E-state index < -0.39 is 20.0 Å². The zero-order valence-corrected chi connectivity index (χ0v) is 13.6. The number of nitrogens with zero attached hydrogens (tertiary/aromatic N) is 1. The normalized spacial score (nSPS) is 22.7. The topological polar surface area (TPSA) is 88.6 Å². The summed E-state index contributed by atoms with van der Waals surface area (Å²) in [6.45, 7) is 1.81. The summed E-state index contributed by atoms with van der Waals surface area (Å²) < 4.78 is 47.4. The van der Waals surface area contributed by atoms with Gasteiger partial charge in [-0.25, -0.2) is 16.8 Å². The summed E-state index contributed by atoms with van der Waals surface area (Å²) in [7, 11) is -7.91. The molecule has 1 saturated carbocycles. The quantitative estimate of drug-likeness (QED) is 0.824. The molecule has 116 valence electrons. The molecule has 1 aliphatic rings. The van der Waals surface area contributed by atoms with Gasteiger partial charge in [-0.05, 0) is 17.7 Å². The average Bonchev–Trinajstić information content (AvgIpc) is 2.32. The molecule has 1 aromatic carbocycles. The Hall–Kier alpha value is -1.41. The van der Waals surface area contributed by atoms with Gasteiger partial charge in [0.1, 0.15) is 5.78 Å². The van der Waals surface area contributed by atoms with E-state index in [1.807, 2.05) is 6.92 Å². The van der Waals surface area contributed by atoms with Crippen LogP contribution in [-0.2, 0) is 24.8 Å². The highest BCUT2D eigenvalue weighted by Crippen LogP contribution is 2.40. The molecule has 1 aliphatic carbocycles. The van der Waals surface area contributed by atoms with E-state index in [0.29, 0.717) is 10.1 Å². The molecule has 0 amide bonds. The van der Waals surface area contributed by atoms with Gasteiger partial charge in [0.25, 0.3) is 0 Å². The van der Waals surface area contributed by atoms with Crippen molar-refractivity contribution in [3.63, 3.8) is 0 Å². The van der Waals surface area contributed by atoms with Gasteiger partial charge in [0.15, 0.2) is 0 Å². The van der Waals surface area contributed by atoms with E-state index in [1.165, 1.54) is 12.1 Å². The highest BCUT2D eigenvalue weighted by Gasteiger charge is 2.37. The first-order valence-corrected chi connectivity index (χ1v) is 10.0. The van der Waals surface area contributed by atoms with Gasteiger partial charge in [0, 0.05) is 18.3 Å². The van der Waals surface area contributed by atoms with Crippen molar-refractivity contribution in [2.24, 2.45) is 5.92 Å². The number of hydrogen-bond acceptors (Lipinski definition) is 5. The SMILES string of the molecule is CC1C(=O)CC1c1cccc(N(S(C)(=O)=O)S(C)(=O)=O)c1. The third kappa shape index (κ3) is 3.11. The summed E-state index contributed by atoms with van der Waals surface area (Å²) in [6.07, 6.45) is 2.09. The number of carbonyl (C=O) groups is 1. The third-order valence-corrected chi connectivity index (χ3v) is 6.90. The molecule has 0 heterocycles. The first kappa shape index (κ1) is 16.0. The molecule has 21 heavy (non-hydrogen) atoms. The van der Waals surface area contributed by atoms with Crippen LogP contribution in [0.15, 0.2) is 24.3 Å². The van der Waals surface area contributed by atoms with E-state index in [0.717, 1.165) is 18.1 Å². The molecule has 0 spiro atoms. The number of ketones is 1. The molecule has 2 atom stereocenters. The standard InChI is InChI=1S/C13H17NO5S2/c1-9-12(8-13(9)15)10-5-4-6-11(7-10)14(20(2,16)17)21(3,18)19/h4-7,9,12H,8H2,1-3H3. The highest BCUT2D eigenvalue weighted by atomic mass is 32.3. The highest BCUT2D eigenvalue weighted by molar-refractivity contribution is 8.09. The molecular formula is C13H17NO5S2. The van der Waals surface area contributed by atoms with Gasteiger partial charge < -0.3 is 0 Å². The van der Waals surface area contributed by atoms with Gasteiger partial charge in [0.05, 0.1) is 18.2 Å². The molecule has 1 fully saturated rings. The summed E-state index contributed by atoms with van der Waals surface area (Å²) in [5, 5.41) is 0. The minimum absolute atomic E-state index is 0.0124. The van der Waals surface area contributed by atoms with Crippen LogP contribution < -0.4 is 3.71 Å². The van der Waals surface area contributed by atoms with Crippen LogP contribution in [0.5, 0.6) is 0 Å². The number of sulfonamides is 2. The van der Waals surface area contributed by atoms with Crippen LogP contribution in [0.4, 0.5) is 5.69 Å². The minimum Gasteiger partial charge on any atom is -0.299 e. The first-order valence-electron chi connectivity index (χ1n) is 6.35. The second-order valence-electron chi connectivity index (χ2n) is 5.38. The Balaban J connectivity index is 2.47. The molecule has 1 aromatic rings. The summed E-state index contributed by atoms with van der Waals surface area (Å²) in [6, 6.07) is 6.33. The van der Waals surface area contributed by atoms with E-state index in [9.17, 15) is 21.6 Å². The number of Topliss-reactive ketones (excluding diaryl/α,β-unsaturated/α-hetero) is 1. The monoisotopic (exact) mass is 331 g/mol. The average molecular weight is 331 g/mol. The molecule has 2 unspecified atom stereocenters. The van der Waals surface area contributed by atoms with Crippen LogP contribution >= 0.6 is 0 Å². The van der Waals surface area contributed by atoms with Gasteiger partial charge >= 0.3 is 0 Å². The van der Waals surface area contributed by atoms with Crippen LogP contribution in [0.25, 0.3) is 0 Å². The Labute approximate surface area is 124 Å². The summed E-state index contributed by atoms with van der Waals surface area (Å²) >= 11 is 0. The zero-order chi connectivity index (χ0) is 16.0. The lowest BCUT2D eigenvalue weighted by Crippen LogP contribution is -2.36. The maximum atomic E-state index is 11.8. The Bertz CT molecular complexity index is 751. The lowest BCUT2D eigenvalue weighted by Gasteiger charge is -2.33.